The van der Waals surface area contributed by atoms with E-state index in [2.05, 4.69) is 31.1 Å². The van der Waals surface area contributed by atoms with E-state index in [9.17, 15) is 9.59 Å². The number of hydrogen-bond acceptors (Lipinski definition) is 5. The monoisotopic (exact) mass is 339 g/mol. The summed E-state index contributed by atoms with van der Waals surface area (Å²) in [5, 5.41) is 14.5. The number of carbonyl (C=O) groups is 2. The largest absolute Gasteiger partial charge is 0.481 e. The molecule has 1 aliphatic rings. The zero-order valence-corrected chi connectivity index (χ0v) is 14.8. The molecule has 0 spiro atoms. The van der Waals surface area contributed by atoms with Crippen molar-refractivity contribution < 1.29 is 14.7 Å². The summed E-state index contributed by atoms with van der Waals surface area (Å²) in [7, 11) is 0. The first-order valence-corrected chi connectivity index (χ1v) is 8.80. The van der Waals surface area contributed by atoms with E-state index in [1.54, 1.807) is 0 Å². The highest BCUT2D eigenvalue weighted by Gasteiger charge is 2.26. The molecule has 6 nitrogen and oxygen atoms in total. The lowest BCUT2D eigenvalue weighted by molar-refractivity contribution is -0.144. The number of carbonyl (C=O) groups excluding carboxylic acids is 1. The Morgan fingerprint density at radius 1 is 1.48 bits per heavy atom. The van der Waals surface area contributed by atoms with Crippen LogP contribution in [0.3, 0.4) is 0 Å². The molecule has 0 saturated carbocycles. The van der Waals surface area contributed by atoms with Crippen LogP contribution in [-0.4, -0.2) is 46.5 Å². The third-order valence-electron chi connectivity index (χ3n) is 3.73. The first kappa shape index (κ1) is 17.9. The number of nitrogens with one attached hydrogen (secondary N) is 1. The third kappa shape index (κ3) is 5.91. The van der Waals surface area contributed by atoms with Crippen LogP contribution in [0.2, 0.25) is 0 Å². The number of aromatic nitrogens is 1. The molecule has 2 heterocycles. The number of aliphatic carboxylic acids is 1. The van der Waals surface area contributed by atoms with Gasteiger partial charge in [0, 0.05) is 11.9 Å². The quantitative estimate of drug-likeness (QED) is 0.861. The molecule has 1 aromatic heterocycles. The molecule has 7 heteroatoms. The predicted octanol–water partition coefficient (Wildman–Crippen LogP) is 2.47. The van der Waals surface area contributed by atoms with Gasteiger partial charge in [0.25, 0.3) is 0 Å². The van der Waals surface area contributed by atoms with Gasteiger partial charge in [0.05, 0.1) is 18.2 Å². The van der Waals surface area contributed by atoms with Crippen molar-refractivity contribution in [2.24, 2.45) is 11.3 Å². The Kier molecular flexibility index (Phi) is 5.75. The van der Waals surface area contributed by atoms with Gasteiger partial charge in [-0.15, -0.1) is 11.3 Å². The van der Waals surface area contributed by atoms with Gasteiger partial charge < -0.3 is 10.4 Å². The van der Waals surface area contributed by atoms with Crippen molar-refractivity contribution in [1.82, 2.24) is 9.88 Å². The fourth-order valence-corrected chi connectivity index (χ4v) is 3.48. The van der Waals surface area contributed by atoms with E-state index in [1.807, 2.05) is 10.3 Å². The molecule has 1 fully saturated rings. The second-order valence-corrected chi connectivity index (χ2v) is 8.20. The van der Waals surface area contributed by atoms with Crippen molar-refractivity contribution in [3.05, 3.63) is 11.1 Å². The van der Waals surface area contributed by atoms with E-state index < -0.39 is 5.97 Å². The van der Waals surface area contributed by atoms with Gasteiger partial charge in [-0.05, 0) is 31.2 Å². The van der Waals surface area contributed by atoms with E-state index in [0.717, 1.165) is 25.1 Å². The van der Waals surface area contributed by atoms with Gasteiger partial charge in [-0.3, -0.25) is 14.5 Å². The van der Waals surface area contributed by atoms with Crippen molar-refractivity contribution in [1.29, 1.82) is 0 Å². The van der Waals surface area contributed by atoms with Gasteiger partial charge >= 0.3 is 5.97 Å². The van der Waals surface area contributed by atoms with Crippen LogP contribution < -0.4 is 5.32 Å². The number of carboxylic acid groups (broad SMARTS) is 1. The highest BCUT2D eigenvalue weighted by Crippen LogP contribution is 2.24. The summed E-state index contributed by atoms with van der Waals surface area (Å²) in [6.07, 6.45) is 2.37. The maximum atomic E-state index is 12.1. The average Bonchev–Trinajstić information content (AvgIpc) is 2.83. The smallest absolute Gasteiger partial charge is 0.307 e. The summed E-state index contributed by atoms with van der Waals surface area (Å²) < 4.78 is 0. The molecule has 0 radical (unpaired) electrons. The van der Waals surface area contributed by atoms with E-state index in [-0.39, 0.29) is 23.8 Å². The average molecular weight is 339 g/mol. The topological polar surface area (TPSA) is 82.5 Å². The summed E-state index contributed by atoms with van der Waals surface area (Å²) in [6, 6.07) is 0. The van der Waals surface area contributed by atoms with Crippen molar-refractivity contribution in [2.75, 3.05) is 25.0 Å². The summed E-state index contributed by atoms with van der Waals surface area (Å²) >= 11 is 1.43. The second kappa shape index (κ2) is 7.40. The highest BCUT2D eigenvalue weighted by molar-refractivity contribution is 7.13. The lowest BCUT2D eigenvalue weighted by atomic mass is 9.91. The molecule has 1 saturated heterocycles. The number of likely N-dealkylation sites (tertiary alicyclic amines) is 1. The van der Waals surface area contributed by atoms with Crippen molar-refractivity contribution in [3.8, 4) is 0 Å². The maximum absolute atomic E-state index is 12.1. The second-order valence-electron chi connectivity index (χ2n) is 7.34. The molecule has 23 heavy (non-hydrogen) atoms. The van der Waals surface area contributed by atoms with Crippen molar-refractivity contribution in [3.63, 3.8) is 0 Å². The molecule has 2 N–H and O–H groups in total. The van der Waals surface area contributed by atoms with Crippen LogP contribution in [0, 0.1) is 11.3 Å². The lowest BCUT2D eigenvalue weighted by Crippen LogP contribution is -2.42. The Morgan fingerprint density at radius 2 is 2.22 bits per heavy atom. The van der Waals surface area contributed by atoms with Crippen LogP contribution in [0.5, 0.6) is 0 Å². The molecule has 0 aliphatic carbocycles. The van der Waals surface area contributed by atoms with Gasteiger partial charge in [-0.25, -0.2) is 4.98 Å². The van der Waals surface area contributed by atoms with Crippen molar-refractivity contribution >= 4 is 28.3 Å². The number of amides is 1. The Balaban J connectivity index is 1.84. The first-order chi connectivity index (χ1) is 10.7. The van der Waals surface area contributed by atoms with E-state index in [1.165, 1.54) is 11.3 Å². The summed E-state index contributed by atoms with van der Waals surface area (Å²) in [5.74, 6) is -1.27. The molecule has 2 rings (SSSR count). The Morgan fingerprint density at radius 3 is 2.87 bits per heavy atom. The van der Waals surface area contributed by atoms with Gasteiger partial charge in [0.1, 0.15) is 0 Å². The fourth-order valence-electron chi connectivity index (χ4n) is 2.75. The van der Waals surface area contributed by atoms with Crippen LogP contribution in [0.4, 0.5) is 5.13 Å². The number of carboxylic acids is 1. The summed E-state index contributed by atoms with van der Waals surface area (Å²) in [6.45, 7) is 7.89. The Bertz CT molecular complexity index is 565. The van der Waals surface area contributed by atoms with Crippen LogP contribution in [0.25, 0.3) is 0 Å². The molecule has 128 valence electrons. The predicted molar refractivity (Wildman–Crippen MR) is 90.7 cm³/mol. The fraction of sp³-hybridized carbons (Fsp3) is 0.688. The SMILES string of the molecule is CC(C)(C)Cc1csc(NC(=O)CN2CCCC(C(=O)O)C2)n1. The Hall–Kier alpha value is -1.47. The minimum Gasteiger partial charge on any atom is -0.481 e. The molecule has 1 aromatic rings. The number of rotatable bonds is 5. The minimum absolute atomic E-state index is 0.132. The van der Waals surface area contributed by atoms with Crippen LogP contribution in [0.1, 0.15) is 39.3 Å². The molecule has 1 atom stereocenters. The highest BCUT2D eigenvalue weighted by atomic mass is 32.1. The summed E-state index contributed by atoms with van der Waals surface area (Å²) in [5.41, 5.74) is 1.15. The maximum Gasteiger partial charge on any atom is 0.307 e. The molecule has 1 aliphatic heterocycles. The number of anilines is 1. The normalized spacial score (nSPS) is 19.5. The molecule has 0 aromatic carbocycles. The number of nitrogens with zero attached hydrogens (tertiary/aromatic N) is 2. The molecule has 1 unspecified atom stereocenters. The number of piperidine rings is 1. The first-order valence-electron chi connectivity index (χ1n) is 7.92. The molecule has 1 amide bonds. The molecular formula is C16H25N3O3S. The van der Waals surface area contributed by atoms with E-state index in [0.29, 0.717) is 18.1 Å². The van der Waals surface area contributed by atoms with Gasteiger partial charge in [0.2, 0.25) is 5.91 Å². The van der Waals surface area contributed by atoms with E-state index >= 15 is 0 Å². The number of hydrogen-bond donors (Lipinski definition) is 2. The molecular weight excluding hydrogens is 314 g/mol. The van der Waals surface area contributed by atoms with E-state index in [4.69, 9.17) is 5.11 Å². The van der Waals surface area contributed by atoms with Crippen LogP contribution in [-0.2, 0) is 16.0 Å². The minimum atomic E-state index is -0.776. The number of thiazole rings is 1. The summed E-state index contributed by atoms with van der Waals surface area (Å²) in [4.78, 5) is 29.5. The van der Waals surface area contributed by atoms with Gasteiger partial charge in [-0.2, -0.15) is 0 Å². The van der Waals surface area contributed by atoms with Gasteiger partial charge in [0.15, 0.2) is 5.13 Å². The third-order valence-corrected chi connectivity index (χ3v) is 4.54. The molecule has 0 bridgehead atoms. The standard InChI is InChI=1S/C16H25N3O3S/c1-16(2,3)7-12-10-23-15(17-12)18-13(20)9-19-6-4-5-11(8-19)14(21)22/h10-11H,4-9H2,1-3H3,(H,21,22)(H,17,18,20). The van der Waals surface area contributed by atoms with Crippen LogP contribution in [0.15, 0.2) is 5.38 Å². The lowest BCUT2D eigenvalue weighted by Gasteiger charge is -2.29. The van der Waals surface area contributed by atoms with Gasteiger partial charge in [-0.1, -0.05) is 20.8 Å². The van der Waals surface area contributed by atoms with Crippen molar-refractivity contribution in [2.45, 2.75) is 40.0 Å². The van der Waals surface area contributed by atoms with Crippen LogP contribution >= 0.6 is 11.3 Å². The Labute approximate surface area is 140 Å². The zero-order valence-electron chi connectivity index (χ0n) is 14.0. The zero-order chi connectivity index (χ0) is 17.0.